The second kappa shape index (κ2) is 7.49. The van der Waals surface area contributed by atoms with Gasteiger partial charge in [-0.25, -0.2) is 0 Å². The van der Waals surface area contributed by atoms with Gasteiger partial charge in [0.05, 0.1) is 5.56 Å². The molecule has 0 atom stereocenters. The predicted molar refractivity (Wildman–Crippen MR) is 80.6 cm³/mol. The van der Waals surface area contributed by atoms with Crippen molar-refractivity contribution in [3.05, 3.63) is 33.3 Å². The number of rotatable bonds is 5. The SMILES string of the molecule is CCC(CC)N(CC(F)(F)F)C(=O)c1cc(Cl)ccc1Br. The highest BCUT2D eigenvalue weighted by Gasteiger charge is 2.36. The molecule has 1 rings (SSSR count). The average molecular weight is 387 g/mol. The number of carbonyl (C=O) groups excluding carboxylic acids is 1. The fourth-order valence-electron chi connectivity index (χ4n) is 2.11. The summed E-state index contributed by atoms with van der Waals surface area (Å²) in [5.41, 5.74) is 0.138. The van der Waals surface area contributed by atoms with E-state index < -0.39 is 24.7 Å². The third-order valence-electron chi connectivity index (χ3n) is 3.15. The van der Waals surface area contributed by atoms with Crippen molar-refractivity contribution in [2.24, 2.45) is 0 Å². The van der Waals surface area contributed by atoms with Crippen molar-refractivity contribution < 1.29 is 18.0 Å². The Balaban J connectivity index is 3.18. The van der Waals surface area contributed by atoms with Gasteiger partial charge < -0.3 is 4.90 Å². The molecule has 0 aromatic heterocycles. The molecular formula is C14H16BrClF3NO. The summed E-state index contributed by atoms with van der Waals surface area (Å²) in [5, 5.41) is 0.304. The van der Waals surface area contributed by atoms with Crippen LogP contribution in [0.1, 0.15) is 37.0 Å². The van der Waals surface area contributed by atoms with Gasteiger partial charge in [0, 0.05) is 15.5 Å². The van der Waals surface area contributed by atoms with Gasteiger partial charge in [0.15, 0.2) is 0 Å². The molecule has 0 radical (unpaired) electrons. The Labute approximate surface area is 135 Å². The van der Waals surface area contributed by atoms with Crippen LogP contribution in [0.15, 0.2) is 22.7 Å². The molecule has 118 valence electrons. The minimum Gasteiger partial charge on any atom is -0.327 e. The van der Waals surface area contributed by atoms with Crippen LogP contribution in [0.5, 0.6) is 0 Å². The summed E-state index contributed by atoms with van der Waals surface area (Å²) in [7, 11) is 0. The summed E-state index contributed by atoms with van der Waals surface area (Å²) in [6.07, 6.45) is -3.53. The first kappa shape index (κ1) is 18.3. The predicted octanol–water partition coefficient (Wildman–Crippen LogP) is 5.30. The lowest BCUT2D eigenvalue weighted by molar-refractivity contribution is -0.144. The summed E-state index contributed by atoms with van der Waals surface area (Å²) in [5.74, 6) is -0.671. The first-order chi connectivity index (χ1) is 9.69. The zero-order valence-electron chi connectivity index (χ0n) is 11.7. The maximum absolute atomic E-state index is 12.8. The van der Waals surface area contributed by atoms with Crippen LogP contribution in [0.25, 0.3) is 0 Å². The third-order valence-corrected chi connectivity index (χ3v) is 4.08. The first-order valence-electron chi connectivity index (χ1n) is 6.52. The standard InChI is InChI=1S/C14H16BrClF3NO/c1-3-10(4-2)20(8-14(17,18)19)13(21)11-7-9(16)5-6-12(11)15/h5-7,10H,3-4,8H2,1-2H3. The van der Waals surface area contributed by atoms with Crippen LogP contribution in [0.2, 0.25) is 5.02 Å². The minimum absolute atomic E-state index is 0.138. The van der Waals surface area contributed by atoms with Crippen LogP contribution in [0.3, 0.4) is 0 Å². The van der Waals surface area contributed by atoms with Gasteiger partial charge in [-0.15, -0.1) is 0 Å². The lowest BCUT2D eigenvalue weighted by Gasteiger charge is -2.31. The second-order valence-electron chi connectivity index (χ2n) is 4.64. The minimum atomic E-state index is -4.44. The van der Waals surface area contributed by atoms with Gasteiger partial charge in [-0.3, -0.25) is 4.79 Å². The highest BCUT2D eigenvalue weighted by atomic mass is 79.9. The van der Waals surface area contributed by atoms with Gasteiger partial charge in [0.2, 0.25) is 0 Å². The van der Waals surface area contributed by atoms with Crippen LogP contribution in [-0.2, 0) is 0 Å². The Morgan fingerprint density at radius 3 is 2.38 bits per heavy atom. The molecule has 0 heterocycles. The molecule has 0 saturated carbocycles. The maximum atomic E-state index is 12.8. The fraction of sp³-hybridized carbons (Fsp3) is 0.500. The highest BCUT2D eigenvalue weighted by molar-refractivity contribution is 9.10. The van der Waals surface area contributed by atoms with Crippen LogP contribution in [-0.4, -0.2) is 29.6 Å². The number of carbonyl (C=O) groups is 1. The maximum Gasteiger partial charge on any atom is 0.406 e. The molecule has 0 bridgehead atoms. The zero-order chi connectivity index (χ0) is 16.2. The van der Waals surface area contributed by atoms with Gasteiger partial charge in [0.25, 0.3) is 5.91 Å². The summed E-state index contributed by atoms with van der Waals surface area (Å²) in [4.78, 5) is 13.4. The Bertz CT molecular complexity index is 503. The van der Waals surface area contributed by atoms with E-state index in [-0.39, 0.29) is 5.56 Å². The normalized spacial score (nSPS) is 11.8. The largest absolute Gasteiger partial charge is 0.406 e. The Morgan fingerprint density at radius 1 is 1.33 bits per heavy atom. The number of halogens is 5. The van der Waals surface area contributed by atoms with Crippen LogP contribution < -0.4 is 0 Å². The van der Waals surface area contributed by atoms with Gasteiger partial charge in [0.1, 0.15) is 6.54 Å². The molecule has 0 fully saturated rings. The van der Waals surface area contributed by atoms with E-state index in [0.717, 1.165) is 4.90 Å². The molecule has 7 heteroatoms. The zero-order valence-corrected chi connectivity index (χ0v) is 14.0. The molecular weight excluding hydrogens is 371 g/mol. The smallest absolute Gasteiger partial charge is 0.327 e. The van der Waals surface area contributed by atoms with E-state index in [0.29, 0.717) is 22.3 Å². The quantitative estimate of drug-likeness (QED) is 0.673. The van der Waals surface area contributed by atoms with Gasteiger partial charge >= 0.3 is 6.18 Å². The molecule has 21 heavy (non-hydrogen) atoms. The fourth-order valence-corrected chi connectivity index (χ4v) is 2.69. The van der Waals surface area contributed by atoms with E-state index in [1.54, 1.807) is 26.0 Å². The van der Waals surface area contributed by atoms with Crippen molar-refractivity contribution in [2.45, 2.75) is 38.9 Å². The Hall–Kier alpha value is -0.750. The van der Waals surface area contributed by atoms with E-state index >= 15 is 0 Å². The molecule has 0 unspecified atom stereocenters. The van der Waals surface area contributed by atoms with Crippen molar-refractivity contribution in [1.82, 2.24) is 4.90 Å². The summed E-state index contributed by atoms with van der Waals surface area (Å²) < 4.78 is 38.7. The van der Waals surface area contributed by atoms with Crippen molar-refractivity contribution in [1.29, 1.82) is 0 Å². The molecule has 0 aliphatic carbocycles. The Morgan fingerprint density at radius 2 is 1.90 bits per heavy atom. The number of nitrogens with zero attached hydrogens (tertiary/aromatic N) is 1. The lowest BCUT2D eigenvalue weighted by atomic mass is 10.1. The second-order valence-corrected chi connectivity index (χ2v) is 5.93. The van der Waals surface area contributed by atoms with E-state index in [1.165, 1.54) is 6.07 Å². The van der Waals surface area contributed by atoms with Gasteiger partial charge in [-0.1, -0.05) is 25.4 Å². The molecule has 0 spiro atoms. The first-order valence-corrected chi connectivity index (χ1v) is 7.69. The molecule has 0 saturated heterocycles. The van der Waals surface area contributed by atoms with Gasteiger partial charge in [-0.05, 0) is 47.0 Å². The number of benzene rings is 1. The van der Waals surface area contributed by atoms with Crippen LogP contribution in [0.4, 0.5) is 13.2 Å². The van der Waals surface area contributed by atoms with E-state index in [4.69, 9.17) is 11.6 Å². The highest BCUT2D eigenvalue weighted by Crippen LogP contribution is 2.27. The molecule has 0 aliphatic rings. The van der Waals surface area contributed by atoms with E-state index in [2.05, 4.69) is 15.9 Å². The van der Waals surface area contributed by atoms with Crippen LogP contribution in [0, 0.1) is 0 Å². The number of amides is 1. The number of hydrogen-bond donors (Lipinski definition) is 0. The monoisotopic (exact) mass is 385 g/mol. The van der Waals surface area contributed by atoms with E-state index in [1.807, 2.05) is 0 Å². The van der Waals surface area contributed by atoms with E-state index in [9.17, 15) is 18.0 Å². The van der Waals surface area contributed by atoms with Crippen LogP contribution >= 0.6 is 27.5 Å². The number of hydrogen-bond acceptors (Lipinski definition) is 1. The third kappa shape index (κ3) is 5.18. The summed E-state index contributed by atoms with van der Waals surface area (Å²) in [6.45, 7) is 2.26. The van der Waals surface area contributed by atoms with Crippen molar-refractivity contribution in [3.63, 3.8) is 0 Å². The molecule has 1 aromatic rings. The molecule has 1 aromatic carbocycles. The lowest BCUT2D eigenvalue weighted by Crippen LogP contribution is -2.45. The molecule has 0 aliphatic heterocycles. The topological polar surface area (TPSA) is 20.3 Å². The molecule has 1 amide bonds. The summed E-state index contributed by atoms with van der Waals surface area (Å²) in [6, 6.07) is 4.02. The number of alkyl halides is 3. The summed E-state index contributed by atoms with van der Waals surface area (Å²) >= 11 is 9.02. The van der Waals surface area contributed by atoms with Crippen molar-refractivity contribution in [2.75, 3.05) is 6.54 Å². The van der Waals surface area contributed by atoms with Crippen molar-refractivity contribution >= 4 is 33.4 Å². The van der Waals surface area contributed by atoms with Gasteiger partial charge in [-0.2, -0.15) is 13.2 Å². The molecule has 2 nitrogen and oxygen atoms in total. The van der Waals surface area contributed by atoms with Crippen molar-refractivity contribution in [3.8, 4) is 0 Å². The Kier molecular flexibility index (Phi) is 6.53. The molecule has 0 N–H and O–H groups in total. The average Bonchev–Trinajstić information content (AvgIpc) is 2.39.